The van der Waals surface area contributed by atoms with Gasteiger partial charge < -0.3 is 15.8 Å². The van der Waals surface area contributed by atoms with Gasteiger partial charge in [-0.15, -0.1) is 0 Å². The third-order valence-corrected chi connectivity index (χ3v) is 2.72. The van der Waals surface area contributed by atoms with E-state index in [0.717, 1.165) is 18.3 Å². The smallest absolute Gasteiger partial charge is 0.188 e. The predicted molar refractivity (Wildman–Crippen MR) is 62.7 cm³/mol. The fourth-order valence-electron chi connectivity index (χ4n) is 1.61. The predicted octanol–water partition coefficient (Wildman–Crippen LogP) is 1.02. The van der Waals surface area contributed by atoms with Crippen molar-refractivity contribution in [1.82, 2.24) is 4.98 Å². The van der Waals surface area contributed by atoms with Crippen LogP contribution >= 0.6 is 0 Å². The third-order valence-electron chi connectivity index (χ3n) is 2.72. The molecule has 1 aromatic heterocycles. The lowest BCUT2D eigenvalue weighted by molar-refractivity contribution is 0.318. The van der Waals surface area contributed by atoms with Gasteiger partial charge in [0.05, 0.1) is 0 Å². The standard InChI is InChI=1S/C11H16N4O/c1-15(7-8-5-6-8)10-4-2-3-9(13-10)11(12)14-16/h2-4,8,16H,5-7H2,1H3,(H2,12,14). The number of nitrogens with two attached hydrogens (primary N) is 1. The van der Waals surface area contributed by atoms with Crippen molar-refractivity contribution < 1.29 is 5.21 Å². The molecule has 1 aromatic rings. The van der Waals surface area contributed by atoms with Crippen LogP contribution in [0.4, 0.5) is 5.82 Å². The zero-order chi connectivity index (χ0) is 11.5. The summed E-state index contributed by atoms with van der Waals surface area (Å²) in [6, 6.07) is 5.51. The molecule has 0 unspecified atom stereocenters. The van der Waals surface area contributed by atoms with Crippen LogP contribution in [0.5, 0.6) is 0 Å². The summed E-state index contributed by atoms with van der Waals surface area (Å²) in [5.74, 6) is 1.71. The van der Waals surface area contributed by atoms with Gasteiger partial charge in [0, 0.05) is 13.6 Å². The van der Waals surface area contributed by atoms with Gasteiger partial charge in [-0.3, -0.25) is 0 Å². The first-order valence-electron chi connectivity index (χ1n) is 5.37. The minimum Gasteiger partial charge on any atom is -0.409 e. The summed E-state index contributed by atoms with van der Waals surface area (Å²) < 4.78 is 0. The van der Waals surface area contributed by atoms with E-state index in [0.29, 0.717) is 5.69 Å². The highest BCUT2D eigenvalue weighted by atomic mass is 16.4. The molecule has 16 heavy (non-hydrogen) atoms. The Bertz CT molecular complexity index is 401. The van der Waals surface area contributed by atoms with Crippen LogP contribution < -0.4 is 10.6 Å². The maximum atomic E-state index is 8.58. The zero-order valence-electron chi connectivity index (χ0n) is 9.30. The molecule has 0 bridgehead atoms. The van der Waals surface area contributed by atoms with Crippen LogP contribution in [0.2, 0.25) is 0 Å². The molecule has 0 saturated heterocycles. The number of nitrogens with zero attached hydrogens (tertiary/aromatic N) is 3. The van der Waals surface area contributed by atoms with Crippen LogP contribution in [-0.4, -0.2) is 29.6 Å². The lowest BCUT2D eigenvalue weighted by Gasteiger charge is -2.18. The molecule has 0 aliphatic heterocycles. The van der Waals surface area contributed by atoms with Crippen molar-refractivity contribution in [3.05, 3.63) is 23.9 Å². The first-order chi connectivity index (χ1) is 7.70. The van der Waals surface area contributed by atoms with Gasteiger partial charge in [0.2, 0.25) is 0 Å². The molecule has 1 aliphatic carbocycles. The van der Waals surface area contributed by atoms with Crippen molar-refractivity contribution in [2.75, 3.05) is 18.5 Å². The molecule has 0 spiro atoms. The quantitative estimate of drug-likeness (QED) is 0.344. The highest BCUT2D eigenvalue weighted by Gasteiger charge is 2.23. The van der Waals surface area contributed by atoms with Crippen LogP contribution in [0.25, 0.3) is 0 Å². The number of hydrogen-bond donors (Lipinski definition) is 2. The second kappa shape index (κ2) is 4.38. The molecular formula is C11H16N4O. The van der Waals surface area contributed by atoms with E-state index in [1.807, 2.05) is 19.2 Å². The van der Waals surface area contributed by atoms with E-state index < -0.39 is 0 Å². The lowest BCUT2D eigenvalue weighted by atomic mass is 10.3. The molecule has 86 valence electrons. The molecule has 5 heteroatoms. The summed E-state index contributed by atoms with van der Waals surface area (Å²) in [5, 5.41) is 11.5. The average Bonchev–Trinajstić information content (AvgIpc) is 3.12. The van der Waals surface area contributed by atoms with Gasteiger partial charge in [0.1, 0.15) is 11.5 Å². The van der Waals surface area contributed by atoms with Gasteiger partial charge in [-0.2, -0.15) is 0 Å². The Balaban J connectivity index is 2.13. The Kier molecular flexibility index (Phi) is 2.94. The fraction of sp³-hybridized carbons (Fsp3) is 0.455. The third kappa shape index (κ3) is 2.42. The summed E-state index contributed by atoms with van der Waals surface area (Å²) in [6.45, 7) is 1.02. The van der Waals surface area contributed by atoms with E-state index in [9.17, 15) is 0 Å². The highest BCUT2D eigenvalue weighted by molar-refractivity contribution is 5.95. The molecule has 0 atom stereocenters. The van der Waals surface area contributed by atoms with Crippen molar-refractivity contribution in [3.63, 3.8) is 0 Å². The van der Waals surface area contributed by atoms with Crippen LogP contribution in [0.15, 0.2) is 23.4 Å². The van der Waals surface area contributed by atoms with Crippen molar-refractivity contribution in [2.45, 2.75) is 12.8 Å². The lowest BCUT2D eigenvalue weighted by Crippen LogP contribution is -2.23. The Hall–Kier alpha value is -1.78. The molecule has 1 saturated carbocycles. The molecule has 0 radical (unpaired) electrons. The first kappa shape index (κ1) is 10.7. The van der Waals surface area contributed by atoms with E-state index in [-0.39, 0.29) is 5.84 Å². The second-order valence-corrected chi connectivity index (χ2v) is 4.19. The Morgan fingerprint density at radius 1 is 1.62 bits per heavy atom. The SMILES string of the molecule is CN(CC1CC1)c1cccc(C(N)=NO)n1. The normalized spacial score (nSPS) is 16.2. The number of rotatable bonds is 4. The van der Waals surface area contributed by atoms with E-state index in [1.54, 1.807) is 6.07 Å². The minimum absolute atomic E-state index is 0.0432. The zero-order valence-corrected chi connectivity index (χ0v) is 9.30. The summed E-state index contributed by atoms with van der Waals surface area (Å²) >= 11 is 0. The van der Waals surface area contributed by atoms with Crippen molar-refractivity contribution in [2.24, 2.45) is 16.8 Å². The molecular weight excluding hydrogens is 204 g/mol. The number of amidine groups is 1. The molecule has 1 aliphatic rings. The number of oxime groups is 1. The maximum absolute atomic E-state index is 8.58. The minimum atomic E-state index is 0.0432. The second-order valence-electron chi connectivity index (χ2n) is 4.19. The van der Waals surface area contributed by atoms with Gasteiger partial charge >= 0.3 is 0 Å². The number of pyridine rings is 1. The number of aromatic nitrogens is 1. The summed E-state index contributed by atoms with van der Waals surface area (Å²) in [4.78, 5) is 6.44. The van der Waals surface area contributed by atoms with E-state index in [4.69, 9.17) is 10.9 Å². The van der Waals surface area contributed by atoms with Crippen molar-refractivity contribution >= 4 is 11.7 Å². The summed E-state index contributed by atoms with van der Waals surface area (Å²) in [7, 11) is 2.01. The monoisotopic (exact) mass is 220 g/mol. The van der Waals surface area contributed by atoms with Crippen molar-refractivity contribution in [3.8, 4) is 0 Å². The molecule has 1 fully saturated rings. The molecule has 1 heterocycles. The maximum Gasteiger partial charge on any atom is 0.188 e. The van der Waals surface area contributed by atoms with Gasteiger partial charge in [0.25, 0.3) is 0 Å². The Morgan fingerprint density at radius 2 is 2.38 bits per heavy atom. The van der Waals surface area contributed by atoms with Crippen LogP contribution in [-0.2, 0) is 0 Å². The van der Waals surface area contributed by atoms with Gasteiger partial charge in [-0.25, -0.2) is 4.98 Å². The molecule has 0 aromatic carbocycles. The van der Waals surface area contributed by atoms with Crippen LogP contribution in [0.3, 0.4) is 0 Å². The molecule has 3 N–H and O–H groups in total. The summed E-state index contributed by atoms with van der Waals surface area (Å²) in [5.41, 5.74) is 6.00. The number of anilines is 1. The fourth-order valence-corrected chi connectivity index (χ4v) is 1.61. The van der Waals surface area contributed by atoms with Crippen LogP contribution in [0, 0.1) is 5.92 Å². The molecule has 5 nitrogen and oxygen atoms in total. The Morgan fingerprint density at radius 3 is 3.00 bits per heavy atom. The van der Waals surface area contributed by atoms with E-state index >= 15 is 0 Å². The topological polar surface area (TPSA) is 74.7 Å². The Labute approximate surface area is 94.6 Å². The van der Waals surface area contributed by atoms with Gasteiger partial charge in [0.15, 0.2) is 5.84 Å². The molecule has 2 rings (SSSR count). The van der Waals surface area contributed by atoms with Gasteiger partial charge in [-0.1, -0.05) is 11.2 Å². The van der Waals surface area contributed by atoms with Gasteiger partial charge in [-0.05, 0) is 30.9 Å². The van der Waals surface area contributed by atoms with Crippen LogP contribution in [0.1, 0.15) is 18.5 Å². The van der Waals surface area contributed by atoms with E-state index in [2.05, 4.69) is 15.0 Å². The average molecular weight is 220 g/mol. The number of hydrogen-bond acceptors (Lipinski definition) is 4. The largest absolute Gasteiger partial charge is 0.409 e. The molecule has 0 amide bonds. The summed E-state index contributed by atoms with van der Waals surface area (Å²) in [6.07, 6.45) is 2.62. The highest BCUT2D eigenvalue weighted by Crippen LogP contribution is 2.30. The first-order valence-corrected chi connectivity index (χ1v) is 5.37. The van der Waals surface area contributed by atoms with Crippen molar-refractivity contribution in [1.29, 1.82) is 0 Å². The van der Waals surface area contributed by atoms with E-state index in [1.165, 1.54) is 12.8 Å².